The molecule has 0 aromatic carbocycles. The number of thiophene rings is 1. The van der Waals surface area contributed by atoms with E-state index in [2.05, 4.69) is 20.7 Å². The highest BCUT2D eigenvalue weighted by atomic mass is 79.9. The molecule has 0 aliphatic carbocycles. The summed E-state index contributed by atoms with van der Waals surface area (Å²) in [4.78, 5) is 0. The summed E-state index contributed by atoms with van der Waals surface area (Å²) in [5.41, 5.74) is 0. The Kier molecular flexibility index (Phi) is 4.18. The summed E-state index contributed by atoms with van der Waals surface area (Å²) < 4.78 is 26.2. The molecule has 0 fully saturated rings. The van der Waals surface area contributed by atoms with Crippen LogP contribution in [0.15, 0.2) is 20.1 Å². The predicted octanol–water partition coefficient (Wildman–Crippen LogP) is 2.03. The number of alkyl halides is 1. The van der Waals surface area contributed by atoms with Gasteiger partial charge in [-0.2, -0.15) is 0 Å². The lowest BCUT2D eigenvalue weighted by molar-refractivity contribution is 0.586. The van der Waals surface area contributed by atoms with Gasteiger partial charge in [0.1, 0.15) is 4.21 Å². The molecule has 1 aromatic heterocycles. The van der Waals surface area contributed by atoms with Gasteiger partial charge >= 0.3 is 0 Å². The van der Waals surface area contributed by atoms with Gasteiger partial charge in [0.15, 0.2) is 0 Å². The topological polar surface area (TPSA) is 46.2 Å². The third-order valence-corrected chi connectivity index (χ3v) is 5.54. The zero-order valence-corrected chi connectivity index (χ0v) is 10.4. The van der Waals surface area contributed by atoms with E-state index in [1.165, 1.54) is 11.3 Å². The Morgan fingerprint density at radius 1 is 1.62 bits per heavy atom. The molecule has 1 N–H and O–H groups in total. The summed E-state index contributed by atoms with van der Waals surface area (Å²) >= 11 is 9.69. The predicted molar refractivity (Wildman–Crippen MR) is 57.9 cm³/mol. The molecule has 3 nitrogen and oxygen atoms in total. The normalized spacial score (nSPS) is 11.8. The molecule has 1 rings (SSSR count). The van der Waals surface area contributed by atoms with E-state index >= 15 is 0 Å². The average Bonchev–Trinajstić information content (AvgIpc) is 2.48. The molecule has 0 amide bonds. The van der Waals surface area contributed by atoms with Crippen molar-refractivity contribution in [3.05, 3.63) is 15.9 Å². The molecule has 0 saturated heterocycles. The van der Waals surface area contributed by atoms with Crippen LogP contribution < -0.4 is 4.72 Å². The summed E-state index contributed by atoms with van der Waals surface area (Å²) in [7, 11) is -3.37. The molecule has 74 valence electrons. The fraction of sp³-hybridized carbons (Fsp3) is 0.333. The van der Waals surface area contributed by atoms with Crippen molar-refractivity contribution in [1.82, 2.24) is 4.72 Å². The van der Waals surface area contributed by atoms with Crippen LogP contribution in [0, 0.1) is 0 Å². The molecule has 0 atom stereocenters. The van der Waals surface area contributed by atoms with Gasteiger partial charge in [0.05, 0.1) is 0 Å². The van der Waals surface area contributed by atoms with Crippen molar-refractivity contribution in [3.63, 3.8) is 0 Å². The molecule has 0 unspecified atom stereocenters. The van der Waals surface area contributed by atoms with Gasteiger partial charge in [-0.05, 0) is 27.4 Å². The minimum Gasteiger partial charge on any atom is -0.209 e. The Labute approximate surface area is 94.3 Å². The van der Waals surface area contributed by atoms with E-state index in [1.807, 2.05) is 0 Å². The quantitative estimate of drug-likeness (QED) is 0.865. The number of hydrogen-bond donors (Lipinski definition) is 1. The maximum Gasteiger partial charge on any atom is 0.251 e. The van der Waals surface area contributed by atoms with Crippen molar-refractivity contribution < 1.29 is 8.42 Å². The first-order valence-electron chi connectivity index (χ1n) is 3.36. The largest absolute Gasteiger partial charge is 0.251 e. The first-order valence-corrected chi connectivity index (χ1v) is 7.05. The van der Waals surface area contributed by atoms with Crippen molar-refractivity contribution >= 4 is 48.9 Å². The van der Waals surface area contributed by atoms with Crippen LogP contribution in [0.3, 0.4) is 0 Å². The molecular formula is C6H7BrClNO2S2. The zero-order chi connectivity index (χ0) is 9.90. The fourth-order valence-electron chi connectivity index (χ4n) is 0.710. The van der Waals surface area contributed by atoms with Crippen LogP contribution in [0.4, 0.5) is 0 Å². The monoisotopic (exact) mass is 303 g/mol. The summed E-state index contributed by atoms with van der Waals surface area (Å²) in [6.07, 6.45) is 0. The molecule has 0 aliphatic rings. The van der Waals surface area contributed by atoms with Crippen LogP contribution in [0.1, 0.15) is 0 Å². The van der Waals surface area contributed by atoms with E-state index in [0.29, 0.717) is 4.47 Å². The molecule has 13 heavy (non-hydrogen) atoms. The highest BCUT2D eigenvalue weighted by Gasteiger charge is 2.17. The van der Waals surface area contributed by atoms with Crippen LogP contribution in [-0.2, 0) is 10.0 Å². The third kappa shape index (κ3) is 2.92. The fourth-order valence-corrected chi connectivity index (χ4v) is 4.33. The highest BCUT2D eigenvalue weighted by molar-refractivity contribution is 9.10. The highest BCUT2D eigenvalue weighted by Crippen LogP contribution is 2.26. The van der Waals surface area contributed by atoms with Crippen molar-refractivity contribution in [2.75, 3.05) is 12.4 Å². The van der Waals surface area contributed by atoms with Crippen molar-refractivity contribution in [3.8, 4) is 0 Å². The standard InChI is InChI=1S/C6H7BrClNO2S2/c7-5-1-4-12-6(5)13(10,11)9-3-2-8/h1,4,9H,2-3H2. The van der Waals surface area contributed by atoms with Gasteiger partial charge in [-0.3, -0.25) is 0 Å². The SMILES string of the molecule is O=S(=O)(NCCCl)c1sccc1Br. The molecule has 0 bridgehead atoms. The molecule has 0 radical (unpaired) electrons. The average molecular weight is 305 g/mol. The zero-order valence-electron chi connectivity index (χ0n) is 6.46. The van der Waals surface area contributed by atoms with Crippen LogP contribution in [0.2, 0.25) is 0 Å². The van der Waals surface area contributed by atoms with Crippen LogP contribution in [-0.4, -0.2) is 20.8 Å². The second kappa shape index (κ2) is 4.75. The van der Waals surface area contributed by atoms with Crippen LogP contribution >= 0.6 is 38.9 Å². The summed E-state index contributed by atoms with van der Waals surface area (Å²) in [6, 6.07) is 1.69. The van der Waals surface area contributed by atoms with Gasteiger partial charge in [-0.1, -0.05) is 0 Å². The van der Waals surface area contributed by atoms with Gasteiger partial charge in [0.25, 0.3) is 10.0 Å². The summed E-state index contributed by atoms with van der Waals surface area (Å²) in [5, 5.41) is 1.71. The minimum absolute atomic E-state index is 0.244. The first-order chi connectivity index (χ1) is 6.08. The van der Waals surface area contributed by atoms with Gasteiger partial charge in [0.2, 0.25) is 0 Å². The molecule has 0 aliphatic heterocycles. The lowest BCUT2D eigenvalue weighted by Gasteiger charge is -2.02. The third-order valence-electron chi connectivity index (χ3n) is 1.22. The van der Waals surface area contributed by atoms with Crippen molar-refractivity contribution in [2.24, 2.45) is 0 Å². The van der Waals surface area contributed by atoms with E-state index in [4.69, 9.17) is 11.6 Å². The summed E-state index contributed by atoms with van der Waals surface area (Å²) in [6.45, 7) is 0.244. The van der Waals surface area contributed by atoms with E-state index in [9.17, 15) is 8.42 Å². The molecule has 7 heteroatoms. The van der Waals surface area contributed by atoms with Gasteiger partial charge < -0.3 is 0 Å². The maximum absolute atomic E-state index is 11.5. The van der Waals surface area contributed by atoms with Crippen molar-refractivity contribution in [2.45, 2.75) is 4.21 Å². The van der Waals surface area contributed by atoms with Gasteiger partial charge in [0, 0.05) is 16.9 Å². The molecule has 0 saturated carbocycles. The Morgan fingerprint density at radius 2 is 2.31 bits per heavy atom. The first kappa shape index (κ1) is 11.5. The number of hydrogen-bond acceptors (Lipinski definition) is 3. The Bertz CT molecular complexity index is 376. The van der Waals surface area contributed by atoms with E-state index in [-0.39, 0.29) is 16.6 Å². The molecule has 0 spiro atoms. The number of halogens is 2. The lowest BCUT2D eigenvalue weighted by atomic mass is 10.7. The molecule has 1 aromatic rings. The van der Waals surface area contributed by atoms with E-state index in [0.717, 1.165) is 0 Å². The molecule has 1 heterocycles. The second-order valence-corrected chi connectivity index (χ2v) is 6.25. The Morgan fingerprint density at radius 3 is 2.77 bits per heavy atom. The Hall–Kier alpha value is 0.380. The Balaban J connectivity index is 2.88. The van der Waals surface area contributed by atoms with Crippen molar-refractivity contribution in [1.29, 1.82) is 0 Å². The smallest absolute Gasteiger partial charge is 0.209 e. The van der Waals surface area contributed by atoms with Gasteiger partial charge in [-0.25, -0.2) is 13.1 Å². The second-order valence-electron chi connectivity index (χ2n) is 2.14. The van der Waals surface area contributed by atoms with Crippen LogP contribution in [0.25, 0.3) is 0 Å². The minimum atomic E-state index is -3.37. The van der Waals surface area contributed by atoms with E-state index in [1.54, 1.807) is 11.4 Å². The maximum atomic E-state index is 11.5. The lowest BCUT2D eigenvalue weighted by Crippen LogP contribution is -2.25. The van der Waals surface area contributed by atoms with Gasteiger partial charge in [-0.15, -0.1) is 22.9 Å². The summed E-state index contributed by atoms with van der Waals surface area (Å²) in [5.74, 6) is 0.266. The van der Waals surface area contributed by atoms with E-state index < -0.39 is 10.0 Å². The molecular weight excluding hydrogens is 298 g/mol. The number of sulfonamides is 1. The van der Waals surface area contributed by atoms with Crippen LogP contribution in [0.5, 0.6) is 0 Å². The number of nitrogens with one attached hydrogen (secondary N) is 1. The number of rotatable bonds is 4.